The fraction of sp³-hybridized carbons (Fsp3) is 0.882. The molecule has 0 aromatic carbocycles. The van der Waals surface area contributed by atoms with Crippen LogP contribution in [0.5, 0.6) is 0 Å². The van der Waals surface area contributed by atoms with Gasteiger partial charge in [0.1, 0.15) is 5.60 Å². The van der Waals surface area contributed by atoms with E-state index in [1.165, 1.54) is 0 Å². The van der Waals surface area contributed by atoms with Crippen molar-refractivity contribution in [1.82, 2.24) is 16.0 Å². The van der Waals surface area contributed by atoms with E-state index in [0.29, 0.717) is 19.7 Å². The van der Waals surface area contributed by atoms with Gasteiger partial charge < -0.3 is 25.4 Å². The lowest BCUT2D eigenvalue weighted by atomic mass is 10.1. The number of carbonyl (C=O) groups is 1. The second-order valence-corrected chi connectivity index (χ2v) is 6.62. The molecule has 1 atom stereocenters. The van der Waals surface area contributed by atoms with Crippen LogP contribution in [0, 0.1) is 0 Å². The summed E-state index contributed by atoms with van der Waals surface area (Å²) in [6.07, 6.45) is 2.72. The molecule has 0 rings (SSSR count). The molecule has 1 unspecified atom stereocenters. The van der Waals surface area contributed by atoms with Crippen LogP contribution in [0.3, 0.4) is 0 Å². The summed E-state index contributed by atoms with van der Waals surface area (Å²) in [6.45, 7) is 12.2. The molecule has 7 nitrogen and oxygen atoms in total. The maximum Gasteiger partial charge on any atom is 0.407 e. The molecule has 0 saturated carbocycles. The fourth-order valence-electron chi connectivity index (χ4n) is 1.96. The van der Waals surface area contributed by atoms with E-state index in [4.69, 9.17) is 9.47 Å². The first-order valence-electron chi connectivity index (χ1n) is 8.83. The molecule has 0 bridgehead atoms. The minimum absolute atomic E-state index is 0. The van der Waals surface area contributed by atoms with Gasteiger partial charge in [-0.15, -0.1) is 24.0 Å². The Morgan fingerprint density at radius 2 is 1.88 bits per heavy atom. The second-order valence-electron chi connectivity index (χ2n) is 6.62. The summed E-state index contributed by atoms with van der Waals surface area (Å²) in [7, 11) is 1.66. The fourth-order valence-corrected chi connectivity index (χ4v) is 1.96. The normalized spacial score (nSPS) is 12.8. The molecule has 8 heteroatoms. The molecular weight excluding hydrogens is 435 g/mol. The van der Waals surface area contributed by atoms with E-state index in [1.54, 1.807) is 7.11 Å². The van der Waals surface area contributed by atoms with E-state index in [9.17, 15) is 4.79 Å². The average molecular weight is 472 g/mol. The maximum absolute atomic E-state index is 11.8. The molecule has 25 heavy (non-hydrogen) atoms. The van der Waals surface area contributed by atoms with Crippen LogP contribution in [0.1, 0.15) is 53.9 Å². The Bertz CT molecular complexity index is 373. The number of methoxy groups -OCH3 is 1. The number of alkyl carbamates (subject to hydrolysis) is 1. The highest BCUT2D eigenvalue weighted by Crippen LogP contribution is 2.07. The number of hydrogen-bond acceptors (Lipinski definition) is 4. The number of nitrogens with one attached hydrogen (secondary N) is 3. The van der Waals surface area contributed by atoms with E-state index < -0.39 is 11.7 Å². The molecule has 0 saturated heterocycles. The Labute approximate surface area is 170 Å². The first-order chi connectivity index (χ1) is 11.3. The first kappa shape index (κ1) is 26.5. The third kappa shape index (κ3) is 16.4. The van der Waals surface area contributed by atoms with Crippen molar-refractivity contribution in [2.24, 2.45) is 4.99 Å². The quantitative estimate of drug-likeness (QED) is 0.197. The number of unbranched alkanes of at least 4 members (excludes halogenated alkanes) is 1. The molecule has 0 aromatic heterocycles. The smallest absolute Gasteiger partial charge is 0.407 e. The van der Waals surface area contributed by atoms with Crippen molar-refractivity contribution in [3.05, 3.63) is 0 Å². The standard InChI is InChI=1S/C17H36N4O3.HI/c1-7-9-10-14(13-20-16(22)24-17(3,4)5)21-15(18-8-2)19-11-12-23-6;/h14H,7-13H2,1-6H3,(H,20,22)(H2,18,19,21);1H. The molecule has 0 aliphatic rings. The average Bonchev–Trinajstić information content (AvgIpc) is 2.48. The second kappa shape index (κ2) is 15.5. The lowest BCUT2D eigenvalue weighted by Crippen LogP contribution is -2.49. The molecule has 1 amide bonds. The molecule has 0 fully saturated rings. The minimum atomic E-state index is -0.493. The van der Waals surface area contributed by atoms with E-state index in [0.717, 1.165) is 31.8 Å². The number of nitrogens with zero attached hydrogens (tertiary/aromatic N) is 1. The Morgan fingerprint density at radius 3 is 2.40 bits per heavy atom. The Morgan fingerprint density at radius 1 is 1.20 bits per heavy atom. The Balaban J connectivity index is 0. The zero-order valence-electron chi connectivity index (χ0n) is 16.6. The molecule has 0 aliphatic carbocycles. The van der Waals surface area contributed by atoms with Gasteiger partial charge in [-0.3, -0.25) is 4.99 Å². The topological polar surface area (TPSA) is 84.0 Å². The van der Waals surface area contributed by atoms with Gasteiger partial charge in [0, 0.05) is 26.2 Å². The molecule has 0 aromatic rings. The van der Waals surface area contributed by atoms with Crippen molar-refractivity contribution in [2.45, 2.75) is 65.5 Å². The summed E-state index contributed by atoms with van der Waals surface area (Å²) in [5, 5.41) is 9.43. The lowest BCUT2D eigenvalue weighted by molar-refractivity contribution is 0.0523. The third-order valence-electron chi connectivity index (χ3n) is 3.05. The molecule has 0 aliphatic heterocycles. The van der Waals surface area contributed by atoms with Crippen LogP contribution in [-0.2, 0) is 9.47 Å². The molecule has 0 heterocycles. The number of carbonyl (C=O) groups excluding carboxylic acids is 1. The zero-order chi connectivity index (χ0) is 18.4. The van der Waals surface area contributed by atoms with E-state index in [-0.39, 0.29) is 30.0 Å². The van der Waals surface area contributed by atoms with Crippen molar-refractivity contribution >= 4 is 36.0 Å². The molecule has 3 N–H and O–H groups in total. The van der Waals surface area contributed by atoms with Crippen molar-refractivity contribution in [2.75, 3.05) is 33.4 Å². The summed E-state index contributed by atoms with van der Waals surface area (Å²) >= 11 is 0. The van der Waals surface area contributed by atoms with Gasteiger partial charge in [-0.25, -0.2) is 4.79 Å². The van der Waals surface area contributed by atoms with Crippen molar-refractivity contribution in [1.29, 1.82) is 0 Å². The summed E-state index contributed by atoms with van der Waals surface area (Å²) in [4.78, 5) is 16.3. The predicted octanol–water partition coefficient (Wildman–Crippen LogP) is 2.89. The number of hydrogen-bond donors (Lipinski definition) is 3. The summed E-state index contributed by atoms with van der Waals surface area (Å²) < 4.78 is 10.3. The van der Waals surface area contributed by atoms with E-state index in [2.05, 4.69) is 27.9 Å². The van der Waals surface area contributed by atoms with Gasteiger partial charge in [0.25, 0.3) is 0 Å². The number of aliphatic imine (C=N–C) groups is 1. The van der Waals surface area contributed by atoms with Crippen LogP contribution >= 0.6 is 24.0 Å². The van der Waals surface area contributed by atoms with Crippen molar-refractivity contribution in [3.8, 4) is 0 Å². The highest BCUT2D eigenvalue weighted by molar-refractivity contribution is 14.0. The number of halogens is 1. The van der Waals surface area contributed by atoms with Crippen LogP contribution in [0.2, 0.25) is 0 Å². The largest absolute Gasteiger partial charge is 0.444 e. The number of guanidine groups is 1. The van der Waals surface area contributed by atoms with Gasteiger partial charge in [-0.05, 0) is 34.1 Å². The van der Waals surface area contributed by atoms with Crippen LogP contribution < -0.4 is 16.0 Å². The van der Waals surface area contributed by atoms with Crippen LogP contribution in [-0.4, -0.2) is 57.0 Å². The molecule has 0 spiro atoms. The van der Waals surface area contributed by atoms with Gasteiger partial charge >= 0.3 is 6.09 Å². The number of rotatable bonds is 10. The SMILES string of the molecule is CCCCC(CNC(=O)OC(C)(C)C)NC(=NCCOC)NCC.I. The zero-order valence-corrected chi connectivity index (χ0v) is 18.9. The number of ether oxygens (including phenoxy) is 2. The summed E-state index contributed by atoms with van der Waals surface area (Å²) in [6, 6.07) is 0.0952. The molecular formula is C17H37IN4O3. The van der Waals surface area contributed by atoms with E-state index in [1.807, 2.05) is 27.7 Å². The minimum Gasteiger partial charge on any atom is -0.444 e. The van der Waals surface area contributed by atoms with Gasteiger partial charge in [0.15, 0.2) is 5.96 Å². The highest BCUT2D eigenvalue weighted by Gasteiger charge is 2.18. The van der Waals surface area contributed by atoms with Gasteiger partial charge in [0.2, 0.25) is 0 Å². The van der Waals surface area contributed by atoms with Crippen molar-refractivity contribution < 1.29 is 14.3 Å². The highest BCUT2D eigenvalue weighted by atomic mass is 127. The van der Waals surface area contributed by atoms with Crippen LogP contribution in [0.25, 0.3) is 0 Å². The third-order valence-corrected chi connectivity index (χ3v) is 3.05. The molecule has 150 valence electrons. The first-order valence-corrected chi connectivity index (χ1v) is 8.83. The predicted molar refractivity (Wildman–Crippen MR) is 114 cm³/mol. The summed E-state index contributed by atoms with van der Waals surface area (Å²) in [5.41, 5.74) is -0.493. The number of amides is 1. The van der Waals surface area contributed by atoms with Gasteiger partial charge in [-0.1, -0.05) is 19.8 Å². The Kier molecular flexibility index (Phi) is 16.4. The maximum atomic E-state index is 11.8. The van der Waals surface area contributed by atoms with Crippen molar-refractivity contribution in [3.63, 3.8) is 0 Å². The molecule has 0 radical (unpaired) electrons. The van der Waals surface area contributed by atoms with Gasteiger partial charge in [-0.2, -0.15) is 0 Å². The van der Waals surface area contributed by atoms with Gasteiger partial charge in [0.05, 0.1) is 13.2 Å². The summed E-state index contributed by atoms with van der Waals surface area (Å²) in [5.74, 6) is 0.738. The Hall–Kier alpha value is -0.770. The lowest BCUT2D eigenvalue weighted by Gasteiger charge is -2.24. The monoisotopic (exact) mass is 472 g/mol. The van der Waals surface area contributed by atoms with Crippen LogP contribution in [0.15, 0.2) is 4.99 Å². The van der Waals surface area contributed by atoms with E-state index >= 15 is 0 Å². The van der Waals surface area contributed by atoms with Crippen LogP contribution in [0.4, 0.5) is 4.79 Å².